The third-order valence-corrected chi connectivity index (χ3v) is 4.74. The molecular weight excluding hydrogens is 364 g/mol. The van der Waals surface area contributed by atoms with Gasteiger partial charge in [0.2, 0.25) is 5.88 Å². The number of aromatic nitrogens is 5. The van der Waals surface area contributed by atoms with E-state index in [1.54, 1.807) is 12.4 Å². The number of hydrogen-bond acceptors (Lipinski definition) is 6. The van der Waals surface area contributed by atoms with Crippen LogP contribution >= 0.6 is 11.6 Å². The first-order valence-corrected chi connectivity index (χ1v) is 9.50. The Labute approximate surface area is 162 Å². The molecule has 4 rings (SSSR count). The summed E-state index contributed by atoms with van der Waals surface area (Å²) in [6.45, 7) is 1.92. The highest BCUT2D eigenvalue weighted by Crippen LogP contribution is 2.17. The number of anilines is 1. The second-order valence-electron chi connectivity index (χ2n) is 6.51. The minimum absolute atomic E-state index is 0.385. The topological polar surface area (TPSA) is 77.8 Å². The Morgan fingerprint density at radius 1 is 1.15 bits per heavy atom. The van der Waals surface area contributed by atoms with Crippen LogP contribution in [0.1, 0.15) is 36.5 Å². The van der Waals surface area contributed by atoms with E-state index in [1.165, 1.54) is 19.3 Å². The molecule has 0 spiro atoms. The first kappa shape index (κ1) is 17.7. The van der Waals surface area contributed by atoms with Crippen molar-refractivity contribution in [2.45, 2.75) is 45.4 Å². The van der Waals surface area contributed by atoms with E-state index in [0.29, 0.717) is 29.9 Å². The fourth-order valence-electron chi connectivity index (χ4n) is 3.13. The lowest BCUT2D eigenvalue weighted by Gasteiger charge is -2.10. The zero-order valence-electron chi connectivity index (χ0n) is 14.9. The van der Waals surface area contributed by atoms with Gasteiger partial charge in [0, 0.05) is 18.0 Å². The molecule has 0 radical (unpaired) electrons. The molecule has 1 aliphatic rings. The van der Waals surface area contributed by atoms with Crippen LogP contribution in [0.15, 0.2) is 36.7 Å². The molecule has 0 amide bonds. The van der Waals surface area contributed by atoms with Crippen LogP contribution in [0.4, 0.5) is 5.82 Å². The number of hydrogen-bond donors (Lipinski definition) is 1. The van der Waals surface area contributed by atoms with Crippen LogP contribution in [-0.2, 0) is 26.1 Å². The molecule has 0 unspecified atom stereocenters. The summed E-state index contributed by atoms with van der Waals surface area (Å²) in [4.78, 5) is 8.65. The van der Waals surface area contributed by atoms with Crippen LogP contribution in [0.5, 0.6) is 5.88 Å². The highest BCUT2D eigenvalue weighted by Gasteiger charge is 2.14. The largest absolute Gasteiger partial charge is 0.472 e. The molecule has 0 bridgehead atoms. The minimum Gasteiger partial charge on any atom is -0.472 e. The van der Waals surface area contributed by atoms with Crippen molar-refractivity contribution in [1.29, 1.82) is 0 Å². The summed E-state index contributed by atoms with van der Waals surface area (Å²) in [5, 5.41) is 12.6. The Kier molecular flexibility index (Phi) is 5.48. The molecule has 27 heavy (non-hydrogen) atoms. The van der Waals surface area contributed by atoms with Gasteiger partial charge in [-0.15, -0.1) is 10.2 Å². The van der Waals surface area contributed by atoms with Crippen LogP contribution in [0.3, 0.4) is 0 Å². The third-order valence-electron chi connectivity index (χ3n) is 4.50. The molecule has 7 nitrogen and oxygen atoms in total. The molecule has 0 saturated heterocycles. The van der Waals surface area contributed by atoms with Crippen molar-refractivity contribution in [2.75, 3.05) is 5.32 Å². The summed E-state index contributed by atoms with van der Waals surface area (Å²) < 4.78 is 7.94. The highest BCUT2D eigenvalue weighted by molar-refractivity contribution is 6.30. The van der Waals surface area contributed by atoms with Crippen molar-refractivity contribution >= 4 is 17.4 Å². The number of nitrogens with one attached hydrogen (secondary N) is 1. The van der Waals surface area contributed by atoms with E-state index in [0.717, 1.165) is 30.2 Å². The molecule has 0 fully saturated rings. The number of aryl methyl sites for hydroxylation is 1. The Balaban J connectivity index is 1.37. The van der Waals surface area contributed by atoms with Crippen molar-refractivity contribution in [3.05, 3.63) is 58.9 Å². The maximum atomic E-state index is 6.00. The lowest BCUT2D eigenvalue weighted by Crippen LogP contribution is -2.11. The summed E-state index contributed by atoms with van der Waals surface area (Å²) in [6.07, 6.45) is 7.87. The Morgan fingerprint density at radius 3 is 3.04 bits per heavy atom. The monoisotopic (exact) mass is 384 g/mol. The molecule has 0 saturated carbocycles. The van der Waals surface area contributed by atoms with Gasteiger partial charge in [-0.1, -0.05) is 30.2 Å². The zero-order valence-corrected chi connectivity index (χ0v) is 15.7. The van der Waals surface area contributed by atoms with Gasteiger partial charge in [0.15, 0.2) is 5.82 Å². The van der Waals surface area contributed by atoms with Crippen LogP contribution in [0, 0.1) is 0 Å². The van der Waals surface area contributed by atoms with Crippen LogP contribution in [-0.4, -0.2) is 24.7 Å². The van der Waals surface area contributed by atoms with Gasteiger partial charge in [-0.05, 0) is 30.5 Å². The third kappa shape index (κ3) is 4.54. The second kappa shape index (κ2) is 8.35. The van der Waals surface area contributed by atoms with Gasteiger partial charge >= 0.3 is 0 Å². The number of halogens is 1. The fraction of sp³-hybridized carbons (Fsp3) is 0.368. The first-order valence-electron chi connectivity index (χ1n) is 9.12. The first-order chi connectivity index (χ1) is 13.3. The van der Waals surface area contributed by atoms with E-state index >= 15 is 0 Å². The highest BCUT2D eigenvalue weighted by atomic mass is 35.5. The van der Waals surface area contributed by atoms with Crippen molar-refractivity contribution in [1.82, 2.24) is 24.7 Å². The van der Waals surface area contributed by atoms with Gasteiger partial charge in [0.1, 0.15) is 18.2 Å². The van der Waals surface area contributed by atoms with E-state index in [2.05, 4.69) is 30.0 Å². The Bertz CT molecular complexity index is 913. The van der Waals surface area contributed by atoms with Crippen molar-refractivity contribution in [3.63, 3.8) is 0 Å². The SMILES string of the molecule is Clc1cccc(COc2cncc(NCc3nnc4n3CCCCC4)n2)c1. The molecule has 8 heteroatoms. The quantitative estimate of drug-likeness (QED) is 0.699. The average Bonchev–Trinajstić information content (AvgIpc) is 2.91. The van der Waals surface area contributed by atoms with E-state index in [-0.39, 0.29) is 0 Å². The molecule has 3 heterocycles. The Morgan fingerprint density at radius 2 is 2.11 bits per heavy atom. The van der Waals surface area contributed by atoms with Gasteiger partial charge in [-0.3, -0.25) is 4.98 Å². The second-order valence-corrected chi connectivity index (χ2v) is 6.95. The summed E-state index contributed by atoms with van der Waals surface area (Å²) in [5.74, 6) is 3.11. The van der Waals surface area contributed by atoms with E-state index in [1.807, 2.05) is 24.3 Å². The Hall–Kier alpha value is -2.67. The number of ether oxygens (including phenoxy) is 1. The van der Waals surface area contributed by atoms with Crippen LogP contribution < -0.4 is 10.1 Å². The molecule has 1 N–H and O–H groups in total. The predicted molar refractivity (Wildman–Crippen MR) is 103 cm³/mol. The molecule has 0 aliphatic carbocycles. The number of fused-ring (bicyclic) bond motifs is 1. The van der Waals surface area contributed by atoms with Gasteiger partial charge in [-0.25, -0.2) is 0 Å². The van der Waals surface area contributed by atoms with Gasteiger partial charge in [0.25, 0.3) is 0 Å². The predicted octanol–water partition coefficient (Wildman–Crippen LogP) is 3.64. The molecular formula is C19H21ClN6O. The number of nitrogens with zero attached hydrogens (tertiary/aromatic N) is 5. The van der Waals surface area contributed by atoms with Crippen molar-refractivity contribution < 1.29 is 4.74 Å². The average molecular weight is 385 g/mol. The summed E-state index contributed by atoms with van der Waals surface area (Å²) in [5.41, 5.74) is 0.980. The lowest BCUT2D eigenvalue weighted by molar-refractivity contribution is 0.293. The van der Waals surface area contributed by atoms with Crippen molar-refractivity contribution in [3.8, 4) is 5.88 Å². The van der Waals surface area contributed by atoms with Crippen LogP contribution in [0.2, 0.25) is 5.02 Å². The number of rotatable bonds is 6. The molecule has 1 aromatic carbocycles. The van der Waals surface area contributed by atoms with E-state index in [9.17, 15) is 0 Å². The minimum atomic E-state index is 0.385. The lowest BCUT2D eigenvalue weighted by atomic mass is 10.2. The summed E-state index contributed by atoms with van der Waals surface area (Å²) in [7, 11) is 0. The van der Waals surface area contributed by atoms with Gasteiger partial charge in [0.05, 0.1) is 18.9 Å². The smallest absolute Gasteiger partial charge is 0.234 e. The zero-order chi connectivity index (χ0) is 18.5. The van der Waals surface area contributed by atoms with Crippen molar-refractivity contribution in [2.24, 2.45) is 0 Å². The molecule has 3 aromatic rings. The summed E-state index contributed by atoms with van der Waals surface area (Å²) >= 11 is 6.00. The maximum Gasteiger partial charge on any atom is 0.234 e. The molecule has 1 aliphatic heterocycles. The normalized spacial score (nSPS) is 13.7. The number of benzene rings is 1. The van der Waals surface area contributed by atoms with Gasteiger partial charge < -0.3 is 14.6 Å². The summed E-state index contributed by atoms with van der Waals surface area (Å²) in [6, 6.07) is 7.55. The van der Waals surface area contributed by atoms with E-state index in [4.69, 9.17) is 16.3 Å². The molecule has 0 atom stereocenters. The molecule has 2 aromatic heterocycles. The fourth-order valence-corrected chi connectivity index (χ4v) is 3.35. The van der Waals surface area contributed by atoms with Gasteiger partial charge in [-0.2, -0.15) is 4.98 Å². The molecule has 140 valence electrons. The standard InChI is InChI=1S/C19H21ClN6O/c20-15-6-4-5-14(9-15)13-27-19-12-21-10-16(23-19)22-11-18-25-24-17-7-2-1-3-8-26(17)18/h4-6,9-10,12H,1-3,7-8,11,13H2,(H,22,23). The van der Waals surface area contributed by atoms with Crippen LogP contribution in [0.25, 0.3) is 0 Å². The van der Waals surface area contributed by atoms with E-state index < -0.39 is 0 Å². The maximum absolute atomic E-state index is 6.00.